The van der Waals surface area contributed by atoms with Crippen molar-refractivity contribution in [3.05, 3.63) is 32.3 Å². The summed E-state index contributed by atoms with van der Waals surface area (Å²) >= 11 is 11.0. The minimum atomic E-state index is -4.32. The van der Waals surface area contributed by atoms with Crippen LogP contribution in [-0.2, 0) is 9.05 Å². The van der Waals surface area contributed by atoms with Gasteiger partial charge in [-0.1, -0.05) is 23.2 Å². The first-order valence-corrected chi connectivity index (χ1v) is 6.38. The molecule has 15 heavy (non-hydrogen) atoms. The van der Waals surface area contributed by atoms with Crippen molar-refractivity contribution in [3.63, 3.8) is 0 Å². The molecule has 0 aliphatic carbocycles. The van der Waals surface area contributed by atoms with Gasteiger partial charge in [-0.25, -0.2) is 8.42 Å². The Morgan fingerprint density at radius 1 is 1.20 bits per heavy atom. The van der Waals surface area contributed by atoms with E-state index in [4.69, 9.17) is 33.9 Å². The van der Waals surface area contributed by atoms with E-state index in [-0.39, 0.29) is 10.0 Å². The second-order valence-electron chi connectivity index (χ2n) is 2.40. The smallest absolute Gasteiger partial charge is 0.258 e. The molecule has 0 saturated heterocycles. The first-order valence-electron chi connectivity index (χ1n) is 3.32. The van der Waals surface area contributed by atoms with Crippen LogP contribution in [0.15, 0.2) is 17.0 Å². The van der Waals surface area contributed by atoms with Gasteiger partial charge in [0.2, 0.25) is 0 Å². The Morgan fingerprint density at radius 3 is 2.00 bits per heavy atom. The second kappa shape index (κ2) is 4.13. The van der Waals surface area contributed by atoms with Crippen molar-refractivity contribution < 1.29 is 13.3 Å². The van der Waals surface area contributed by atoms with Crippen molar-refractivity contribution in [1.82, 2.24) is 0 Å². The molecule has 1 aromatic rings. The van der Waals surface area contributed by atoms with Gasteiger partial charge in [0.05, 0.1) is 9.95 Å². The van der Waals surface area contributed by atoms with Crippen molar-refractivity contribution in [2.75, 3.05) is 0 Å². The molecule has 0 aliphatic rings. The normalized spacial score (nSPS) is 11.4. The third-order valence-electron chi connectivity index (χ3n) is 1.46. The van der Waals surface area contributed by atoms with E-state index in [1.54, 1.807) is 0 Å². The summed E-state index contributed by atoms with van der Waals surface area (Å²) in [6.45, 7) is 0. The predicted molar refractivity (Wildman–Crippen MR) is 56.2 cm³/mol. The summed E-state index contributed by atoms with van der Waals surface area (Å²) in [6.07, 6.45) is 0. The molecule has 0 N–H and O–H groups in total. The number of nitro benzene ring substituents is 1. The largest absolute Gasteiger partial charge is 0.309 e. The summed E-state index contributed by atoms with van der Waals surface area (Å²) in [4.78, 5) is 8.84. The average Bonchev–Trinajstić information content (AvgIpc) is 2.05. The molecule has 0 fully saturated rings. The summed E-state index contributed by atoms with van der Waals surface area (Å²) < 4.78 is 22.1. The number of rotatable bonds is 2. The molecule has 0 aliphatic heterocycles. The lowest BCUT2D eigenvalue weighted by Crippen LogP contribution is -2.00. The van der Waals surface area contributed by atoms with Gasteiger partial charge in [0.15, 0.2) is 4.90 Å². The number of hydrogen-bond acceptors (Lipinski definition) is 4. The van der Waals surface area contributed by atoms with Crippen molar-refractivity contribution in [2.24, 2.45) is 0 Å². The maximum Gasteiger partial charge on any atom is 0.309 e. The molecule has 5 nitrogen and oxygen atoms in total. The molecule has 0 atom stereocenters. The van der Waals surface area contributed by atoms with Crippen LogP contribution in [0.3, 0.4) is 0 Å². The molecular weight excluding hydrogens is 288 g/mol. The zero-order valence-corrected chi connectivity index (χ0v) is 9.86. The number of hydrogen-bond donors (Lipinski definition) is 0. The van der Waals surface area contributed by atoms with Crippen LogP contribution in [0, 0.1) is 10.1 Å². The van der Waals surface area contributed by atoms with E-state index in [9.17, 15) is 18.5 Å². The Hall–Kier alpha value is -0.560. The van der Waals surface area contributed by atoms with Crippen LogP contribution in [0.1, 0.15) is 0 Å². The lowest BCUT2D eigenvalue weighted by molar-refractivity contribution is -0.387. The molecule has 9 heteroatoms. The van der Waals surface area contributed by atoms with Gasteiger partial charge in [0.1, 0.15) is 5.02 Å². The minimum absolute atomic E-state index is 0.344. The standard InChI is InChI=1S/C6H2Cl3NO4S/c7-3-1-2-4(8)6(15(9,13)14)5(3)10(11)12/h1-2H. The van der Waals surface area contributed by atoms with Crippen LogP contribution in [0.25, 0.3) is 0 Å². The summed E-state index contributed by atoms with van der Waals surface area (Å²) in [5.74, 6) is 0. The molecule has 0 spiro atoms. The van der Waals surface area contributed by atoms with Gasteiger partial charge in [-0.05, 0) is 12.1 Å². The van der Waals surface area contributed by atoms with Gasteiger partial charge >= 0.3 is 5.69 Å². The quantitative estimate of drug-likeness (QED) is 0.477. The van der Waals surface area contributed by atoms with E-state index in [1.165, 1.54) is 0 Å². The van der Waals surface area contributed by atoms with Gasteiger partial charge in [-0.3, -0.25) is 10.1 Å². The van der Waals surface area contributed by atoms with Gasteiger partial charge in [-0.15, -0.1) is 0 Å². The summed E-state index contributed by atoms with van der Waals surface area (Å²) in [5.41, 5.74) is -0.820. The number of benzene rings is 1. The van der Waals surface area contributed by atoms with Gasteiger partial charge in [0.25, 0.3) is 9.05 Å². The Morgan fingerprint density at radius 2 is 1.67 bits per heavy atom. The van der Waals surface area contributed by atoms with E-state index in [0.717, 1.165) is 12.1 Å². The zero-order chi connectivity index (χ0) is 11.8. The van der Waals surface area contributed by atoms with Gasteiger partial charge in [-0.2, -0.15) is 0 Å². The van der Waals surface area contributed by atoms with Crippen molar-refractivity contribution in [2.45, 2.75) is 4.90 Å². The first-order chi connectivity index (χ1) is 6.75. The average molecular weight is 291 g/mol. The summed E-state index contributed by atoms with van der Waals surface area (Å²) in [7, 11) is 0.692. The molecule has 0 saturated carbocycles. The van der Waals surface area contributed by atoms with E-state index < -0.39 is 24.6 Å². The highest BCUT2D eigenvalue weighted by molar-refractivity contribution is 8.14. The minimum Gasteiger partial charge on any atom is -0.258 e. The fraction of sp³-hybridized carbons (Fsp3) is 0. The number of halogens is 3. The maximum atomic E-state index is 11.0. The molecule has 0 heterocycles. The summed E-state index contributed by atoms with van der Waals surface area (Å²) in [5, 5.41) is 9.89. The van der Waals surface area contributed by atoms with E-state index >= 15 is 0 Å². The topological polar surface area (TPSA) is 77.3 Å². The highest BCUT2D eigenvalue weighted by Gasteiger charge is 2.30. The number of nitro groups is 1. The van der Waals surface area contributed by atoms with E-state index in [2.05, 4.69) is 0 Å². The monoisotopic (exact) mass is 289 g/mol. The number of nitrogens with zero attached hydrogens (tertiary/aromatic N) is 1. The van der Waals surface area contributed by atoms with Crippen molar-refractivity contribution in [3.8, 4) is 0 Å². The lowest BCUT2D eigenvalue weighted by atomic mass is 10.3. The molecule has 82 valence electrons. The Bertz CT molecular complexity index is 527. The van der Waals surface area contributed by atoms with Crippen LogP contribution < -0.4 is 0 Å². The summed E-state index contributed by atoms with van der Waals surface area (Å²) in [6, 6.07) is 2.24. The Labute approximate surface area is 99.1 Å². The van der Waals surface area contributed by atoms with Crippen molar-refractivity contribution >= 4 is 48.6 Å². The molecular formula is C6H2Cl3NO4S. The van der Waals surface area contributed by atoms with Crippen LogP contribution in [0.4, 0.5) is 5.69 Å². The van der Waals surface area contributed by atoms with E-state index in [1.807, 2.05) is 0 Å². The highest BCUT2D eigenvalue weighted by Crippen LogP contribution is 2.38. The molecule has 0 radical (unpaired) electrons. The van der Waals surface area contributed by atoms with Crippen LogP contribution in [0.5, 0.6) is 0 Å². The van der Waals surface area contributed by atoms with Crippen molar-refractivity contribution in [1.29, 1.82) is 0 Å². The third kappa shape index (κ3) is 2.52. The highest BCUT2D eigenvalue weighted by atomic mass is 35.7. The maximum absolute atomic E-state index is 11.0. The third-order valence-corrected chi connectivity index (χ3v) is 3.56. The van der Waals surface area contributed by atoms with Gasteiger partial charge < -0.3 is 0 Å². The first kappa shape index (κ1) is 12.5. The molecule has 0 amide bonds. The van der Waals surface area contributed by atoms with Crippen LogP contribution >= 0.6 is 33.9 Å². The molecule has 1 rings (SSSR count). The second-order valence-corrected chi connectivity index (χ2v) is 5.72. The lowest BCUT2D eigenvalue weighted by Gasteiger charge is -2.02. The van der Waals surface area contributed by atoms with E-state index in [0.29, 0.717) is 0 Å². The SMILES string of the molecule is O=[N+]([O-])c1c(Cl)ccc(Cl)c1S(=O)(=O)Cl. The molecule has 0 bridgehead atoms. The molecule has 0 aromatic heterocycles. The van der Waals surface area contributed by atoms with Gasteiger partial charge in [0, 0.05) is 10.7 Å². The fourth-order valence-corrected chi connectivity index (χ4v) is 2.97. The Balaban J connectivity index is 3.76. The molecule has 0 unspecified atom stereocenters. The Kier molecular flexibility index (Phi) is 3.44. The van der Waals surface area contributed by atoms with Crippen LogP contribution in [0.2, 0.25) is 10.0 Å². The zero-order valence-electron chi connectivity index (χ0n) is 6.78. The van der Waals surface area contributed by atoms with Crippen LogP contribution in [-0.4, -0.2) is 13.3 Å². The fourth-order valence-electron chi connectivity index (χ4n) is 0.925. The predicted octanol–water partition coefficient (Wildman–Crippen LogP) is 2.83. The molecule has 1 aromatic carbocycles.